The Hall–Kier alpha value is -3.22. The molecule has 1 aromatic carbocycles. The lowest BCUT2D eigenvalue weighted by molar-refractivity contribution is 0.0739. The molecule has 3 aromatic rings. The Balaban J connectivity index is 1.41. The van der Waals surface area contributed by atoms with E-state index in [4.69, 9.17) is 4.98 Å². The molecule has 1 amide bonds. The van der Waals surface area contributed by atoms with Gasteiger partial charge in [-0.25, -0.2) is 15.0 Å². The largest absolute Gasteiger partial charge is 0.337 e. The van der Waals surface area contributed by atoms with Gasteiger partial charge in [0.05, 0.1) is 5.69 Å². The lowest BCUT2D eigenvalue weighted by Crippen LogP contribution is -2.49. The molecular weight excluding hydrogens is 388 g/mol. The first-order valence-electron chi connectivity index (χ1n) is 11.2. The van der Waals surface area contributed by atoms with Gasteiger partial charge >= 0.3 is 0 Å². The second-order valence-corrected chi connectivity index (χ2v) is 8.39. The second-order valence-electron chi connectivity index (χ2n) is 8.39. The summed E-state index contributed by atoms with van der Waals surface area (Å²) in [6, 6.07) is 10.3. The zero-order valence-corrected chi connectivity index (χ0v) is 18.0. The van der Waals surface area contributed by atoms with Crippen molar-refractivity contribution in [3.8, 4) is 11.4 Å². The van der Waals surface area contributed by atoms with E-state index in [0.29, 0.717) is 18.8 Å². The first kappa shape index (κ1) is 19.7. The number of benzene rings is 1. The Morgan fingerprint density at radius 1 is 0.903 bits per heavy atom. The van der Waals surface area contributed by atoms with Crippen molar-refractivity contribution in [2.45, 2.75) is 39.2 Å². The van der Waals surface area contributed by atoms with Crippen LogP contribution < -0.4 is 4.90 Å². The molecular formula is C24H28N6O. The van der Waals surface area contributed by atoms with E-state index in [0.717, 1.165) is 61.9 Å². The summed E-state index contributed by atoms with van der Waals surface area (Å²) < 4.78 is 2.29. The molecule has 2 aliphatic heterocycles. The molecule has 4 heterocycles. The van der Waals surface area contributed by atoms with Crippen LogP contribution in [-0.2, 0) is 13.0 Å². The van der Waals surface area contributed by atoms with Crippen LogP contribution in [-0.4, -0.2) is 56.5 Å². The topological polar surface area (TPSA) is 67.2 Å². The van der Waals surface area contributed by atoms with Crippen LogP contribution in [0.1, 0.15) is 41.0 Å². The van der Waals surface area contributed by atoms with Gasteiger partial charge in [-0.2, -0.15) is 0 Å². The molecule has 7 nitrogen and oxygen atoms in total. The Labute approximate surface area is 182 Å². The van der Waals surface area contributed by atoms with Crippen molar-refractivity contribution < 1.29 is 4.79 Å². The highest BCUT2D eigenvalue weighted by atomic mass is 16.2. The Morgan fingerprint density at radius 3 is 2.39 bits per heavy atom. The van der Waals surface area contributed by atoms with Crippen molar-refractivity contribution in [3.05, 3.63) is 59.7 Å². The lowest BCUT2D eigenvalue weighted by Gasteiger charge is -2.34. The molecule has 31 heavy (non-hydrogen) atoms. The maximum Gasteiger partial charge on any atom is 0.274 e. The number of hydrogen-bond donors (Lipinski definition) is 0. The minimum atomic E-state index is 0.0534. The maximum absolute atomic E-state index is 13.5. The van der Waals surface area contributed by atoms with Crippen molar-refractivity contribution in [2.24, 2.45) is 0 Å². The number of fused-ring (bicyclic) bond motifs is 1. The quantitative estimate of drug-likeness (QED) is 0.655. The zero-order valence-electron chi connectivity index (χ0n) is 18.0. The van der Waals surface area contributed by atoms with Gasteiger partial charge in [0, 0.05) is 50.7 Å². The van der Waals surface area contributed by atoms with E-state index < -0.39 is 0 Å². The van der Waals surface area contributed by atoms with Gasteiger partial charge < -0.3 is 14.4 Å². The number of rotatable bonds is 3. The van der Waals surface area contributed by atoms with Crippen molar-refractivity contribution in [1.29, 1.82) is 0 Å². The van der Waals surface area contributed by atoms with Gasteiger partial charge in [-0.3, -0.25) is 4.79 Å². The number of carbonyl (C=O) groups excluding carboxylic acids is 1. The van der Waals surface area contributed by atoms with Crippen LogP contribution in [0.3, 0.4) is 0 Å². The molecule has 7 heteroatoms. The van der Waals surface area contributed by atoms with E-state index in [-0.39, 0.29) is 5.91 Å². The van der Waals surface area contributed by atoms with E-state index in [1.165, 1.54) is 12.0 Å². The highest BCUT2D eigenvalue weighted by Gasteiger charge is 2.29. The van der Waals surface area contributed by atoms with Gasteiger partial charge in [0.15, 0.2) is 0 Å². The van der Waals surface area contributed by atoms with Crippen molar-refractivity contribution in [3.63, 3.8) is 0 Å². The molecule has 5 rings (SSSR count). The van der Waals surface area contributed by atoms with Crippen LogP contribution >= 0.6 is 0 Å². The first-order valence-corrected chi connectivity index (χ1v) is 11.2. The molecule has 2 aromatic heterocycles. The third-order valence-corrected chi connectivity index (χ3v) is 6.28. The van der Waals surface area contributed by atoms with Crippen molar-refractivity contribution >= 4 is 11.9 Å². The first-order chi connectivity index (χ1) is 15.2. The van der Waals surface area contributed by atoms with Crippen LogP contribution in [0.4, 0.5) is 5.95 Å². The summed E-state index contributed by atoms with van der Waals surface area (Å²) in [5.74, 6) is 1.71. The SMILES string of the molecule is Cc1ccc(-c2nc(C(=O)N3CCN(c4ncccn4)CC3)c3n2CCCCC3)cc1. The smallest absolute Gasteiger partial charge is 0.274 e. The third-order valence-electron chi connectivity index (χ3n) is 6.28. The highest BCUT2D eigenvalue weighted by Crippen LogP contribution is 2.28. The average molecular weight is 417 g/mol. The number of hydrogen-bond acceptors (Lipinski definition) is 5. The number of aromatic nitrogens is 4. The predicted octanol–water partition coefficient (Wildman–Crippen LogP) is 3.34. The van der Waals surface area contributed by atoms with Crippen LogP contribution in [0.15, 0.2) is 42.7 Å². The fourth-order valence-corrected chi connectivity index (χ4v) is 4.53. The minimum absolute atomic E-state index is 0.0534. The summed E-state index contributed by atoms with van der Waals surface area (Å²) in [5, 5.41) is 0. The fraction of sp³-hybridized carbons (Fsp3) is 0.417. The van der Waals surface area contributed by atoms with Crippen LogP contribution in [0, 0.1) is 6.92 Å². The summed E-state index contributed by atoms with van der Waals surface area (Å²) >= 11 is 0. The molecule has 0 bridgehead atoms. The predicted molar refractivity (Wildman–Crippen MR) is 120 cm³/mol. The number of imidazole rings is 1. The van der Waals surface area contributed by atoms with Gasteiger partial charge in [-0.1, -0.05) is 36.2 Å². The van der Waals surface area contributed by atoms with Crippen molar-refractivity contribution in [1.82, 2.24) is 24.4 Å². The van der Waals surface area contributed by atoms with Crippen LogP contribution in [0.5, 0.6) is 0 Å². The van der Waals surface area contributed by atoms with Crippen LogP contribution in [0.2, 0.25) is 0 Å². The zero-order chi connectivity index (χ0) is 21.2. The van der Waals surface area contributed by atoms with Gasteiger partial charge in [-0.05, 0) is 32.3 Å². The molecule has 0 aliphatic carbocycles. The van der Waals surface area contributed by atoms with Gasteiger partial charge in [0.25, 0.3) is 5.91 Å². The summed E-state index contributed by atoms with van der Waals surface area (Å²) in [5.41, 5.74) is 4.05. The maximum atomic E-state index is 13.5. The van der Waals surface area contributed by atoms with Crippen LogP contribution in [0.25, 0.3) is 11.4 Å². The number of aryl methyl sites for hydroxylation is 1. The number of amides is 1. The summed E-state index contributed by atoms with van der Waals surface area (Å²) in [6.07, 6.45) is 7.86. The molecule has 0 radical (unpaired) electrons. The Morgan fingerprint density at radius 2 is 1.65 bits per heavy atom. The summed E-state index contributed by atoms with van der Waals surface area (Å²) in [4.78, 5) is 31.2. The molecule has 1 fully saturated rings. The highest BCUT2D eigenvalue weighted by molar-refractivity contribution is 5.94. The molecule has 0 N–H and O–H groups in total. The Bertz CT molecular complexity index is 1050. The molecule has 2 aliphatic rings. The second kappa shape index (κ2) is 8.49. The standard InChI is InChI=1S/C24H28N6O/c1-18-7-9-19(10-8-18)22-27-21(20-6-3-2-4-13-30(20)22)23(31)28-14-16-29(17-15-28)24-25-11-5-12-26-24/h5,7-12H,2-4,6,13-17H2,1H3. The van der Waals surface area contributed by atoms with Crippen molar-refractivity contribution in [2.75, 3.05) is 31.1 Å². The summed E-state index contributed by atoms with van der Waals surface area (Å²) in [6.45, 7) is 5.79. The van der Waals surface area contributed by atoms with Gasteiger partial charge in [-0.15, -0.1) is 0 Å². The number of carbonyl (C=O) groups is 1. The monoisotopic (exact) mass is 416 g/mol. The molecule has 0 atom stereocenters. The third kappa shape index (κ3) is 3.92. The van der Waals surface area contributed by atoms with E-state index in [1.54, 1.807) is 12.4 Å². The molecule has 0 saturated carbocycles. The number of nitrogens with zero attached hydrogens (tertiary/aromatic N) is 6. The van der Waals surface area contributed by atoms with E-state index in [1.807, 2.05) is 11.0 Å². The molecule has 160 valence electrons. The molecule has 0 unspecified atom stereocenters. The minimum Gasteiger partial charge on any atom is -0.337 e. The average Bonchev–Trinajstić information content (AvgIpc) is 3.00. The fourth-order valence-electron chi connectivity index (χ4n) is 4.53. The van der Waals surface area contributed by atoms with E-state index in [2.05, 4.69) is 50.6 Å². The van der Waals surface area contributed by atoms with E-state index in [9.17, 15) is 4.79 Å². The van der Waals surface area contributed by atoms with E-state index >= 15 is 0 Å². The molecule has 1 saturated heterocycles. The number of piperazine rings is 1. The van der Waals surface area contributed by atoms with Gasteiger partial charge in [0.2, 0.25) is 5.95 Å². The van der Waals surface area contributed by atoms with Gasteiger partial charge in [0.1, 0.15) is 11.5 Å². The number of anilines is 1. The lowest BCUT2D eigenvalue weighted by atomic mass is 10.1. The Kier molecular flexibility index (Phi) is 5.40. The summed E-state index contributed by atoms with van der Waals surface area (Å²) in [7, 11) is 0. The molecule has 0 spiro atoms. The normalized spacial score (nSPS) is 16.7.